The maximum absolute atomic E-state index is 8.70. The third kappa shape index (κ3) is 6.26. The Morgan fingerprint density at radius 1 is 1.26 bits per heavy atom. The topological polar surface area (TPSA) is 45.0 Å². The van der Waals surface area contributed by atoms with E-state index in [-0.39, 0.29) is 6.04 Å². The summed E-state index contributed by atoms with van der Waals surface area (Å²) in [5.74, 6) is 0.932. The van der Waals surface area contributed by atoms with Gasteiger partial charge in [-0.25, -0.2) is 0 Å². The Morgan fingerprint density at radius 2 is 2.00 bits per heavy atom. The van der Waals surface area contributed by atoms with Gasteiger partial charge in [0.15, 0.2) is 0 Å². The summed E-state index contributed by atoms with van der Waals surface area (Å²) < 4.78 is 5.62. The lowest BCUT2D eigenvalue weighted by Gasteiger charge is -2.13. The number of rotatable bonds is 9. The summed E-state index contributed by atoms with van der Waals surface area (Å²) in [6, 6.07) is 10.7. The van der Waals surface area contributed by atoms with E-state index in [1.165, 1.54) is 5.56 Å². The van der Waals surface area contributed by atoms with Gasteiger partial charge in [-0.1, -0.05) is 32.4 Å². The molecule has 1 rings (SSSR count). The van der Waals surface area contributed by atoms with E-state index < -0.39 is 0 Å². The predicted octanol–water partition coefficient (Wildman–Crippen LogP) is 3.65. The molecule has 3 nitrogen and oxygen atoms in total. The highest BCUT2D eigenvalue weighted by Gasteiger charge is 2.04. The van der Waals surface area contributed by atoms with Crippen LogP contribution in [0.2, 0.25) is 0 Å². The van der Waals surface area contributed by atoms with Crippen LogP contribution in [-0.2, 0) is 6.54 Å². The smallest absolute Gasteiger partial charge is 0.119 e. The van der Waals surface area contributed by atoms with Gasteiger partial charge in [-0.15, -0.1) is 0 Å². The number of hydrogen-bond acceptors (Lipinski definition) is 3. The number of benzene rings is 1. The summed E-state index contributed by atoms with van der Waals surface area (Å²) >= 11 is 0. The van der Waals surface area contributed by atoms with Gasteiger partial charge in [0.1, 0.15) is 5.75 Å². The zero-order chi connectivity index (χ0) is 13.9. The summed E-state index contributed by atoms with van der Waals surface area (Å²) in [6.45, 7) is 5.84. The molecular weight excluding hydrogens is 236 g/mol. The normalized spacial score (nSPS) is 11.8. The lowest BCUT2D eigenvalue weighted by Crippen LogP contribution is -2.27. The van der Waals surface area contributed by atoms with Crippen LogP contribution in [0.15, 0.2) is 24.3 Å². The minimum absolute atomic E-state index is 0.283. The monoisotopic (exact) mass is 260 g/mol. The Bertz CT molecular complexity index is 381. The van der Waals surface area contributed by atoms with Gasteiger partial charge >= 0.3 is 0 Å². The van der Waals surface area contributed by atoms with Gasteiger partial charge in [0.05, 0.1) is 19.1 Å². The zero-order valence-corrected chi connectivity index (χ0v) is 12.0. The second-order valence-corrected chi connectivity index (χ2v) is 4.69. The van der Waals surface area contributed by atoms with Crippen molar-refractivity contribution in [1.29, 1.82) is 5.26 Å². The van der Waals surface area contributed by atoms with Crippen LogP contribution in [0.1, 0.15) is 45.1 Å². The Morgan fingerprint density at radius 3 is 2.58 bits per heavy atom. The van der Waals surface area contributed by atoms with Gasteiger partial charge < -0.3 is 10.1 Å². The second-order valence-electron chi connectivity index (χ2n) is 4.69. The third-order valence-electron chi connectivity index (χ3n) is 3.12. The van der Waals surface area contributed by atoms with Crippen molar-refractivity contribution in [2.24, 2.45) is 0 Å². The highest BCUT2D eigenvalue weighted by Crippen LogP contribution is 2.13. The molecule has 1 N–H and O–H groups in total. The van der Waals surface area contributed by atoms with Crippen LogP contribution in [0.3, 0.4) is 0 Å². The van der Waals surface area contributed by atoms with Crippen molar-refractivity contribution >= 4 is 0 Å². The molecule has 3 heteroatoms. The molecular formula is C16H24N2O. The first-order valence-electron chi connectivity index (χ1n) is 7.12. The lowest BCUT2D eigenvalue weighted by molar-refractivity contribution is 0.309. The van der Waals surface area contributed by atoms with Gasteiger partial charge in [-0.3, -0.25) is 0 Å². The van der Waals surface area contributed by atoms with Crippen LogP contribution in [0.5, 0.6) is 5.75 Å². The number of unbranched alkanes of at least 4 members (excludes halogenated alkanes) is 1. The van der Waals surface area contributed by atoms with E-state index >= 15 is 0 Å². The molecule has 1 aromatic carbocycles. The highest BCUT2D eigenvalue weighted by atomic mass is 16.5. The molecule has 1 aromatic rings. The molecule has 0 heterocycles. The number of ether oxygens (including phenoxy) is 1. The standard InChI is InChI=1S/C16H24N2O/c1-3-5-12-19-16-8-6-14(7-9-16)13-18-15(4-2)10-11-17/h6-9,15,18H,3-5,10,12-13H2,1-2H3. The summed E-state index contributed by atoms with van der Waals surface area (Å²) in [7, 11) is 0. The minimum atomic E-state index is 0.283. The molecule has 0 aromatic heterocycles. The Hall–Kier alpha value is -1.53. The first-order valence-corrected chi connectivity index (χ1v) is 7.12. The van der Waals surface area contributed by atoms with Crippen LogP contribution < -0.4 is 10.1 Å². The van der Waals surface area contributed by atoms with E-state index in [4.69, 9.17) is 10.00 Å². The van der Waals surface area contributed by atoms with Crippen molar-refractivity contribution in [3.05, 3.63) is 29.8 Å². The maximum atomic E-state index is 8.70. The molecule has 0 aliphatic heterocycles. The molecule has 0 amide bonds. The van der Waals surface area contributed by atoms with Gasteiger partial charge in [0.25, 0.3) is 0 Å². The molecule has 0 spiro atoms. The van der Waals surface area contributed by atoms with Crippen LogP contribution in [-0.4, -0.2) is 12.6 Å². The summed E-state index contributed by atoms with van der Waals surface area (Å²) in [4.78, 5) is 0. The van der Waals surface area contributed by atoms with Crippen LogP contribution >= 0.6 is 0 Å². The Kier molecular flexibility index (Phi) is 7.69. The quantitative estimate of drug-likeness (QED) is 0.689. The SMILES string of the molecule is CCCCOc1ccc(CNC(CC)CC#N)cc1. The van der Waals surface area contributed by atoms with Crippen molar-refractivity contribution in [2.75, 3.05) is 6.61 Å². The van der Waals surface area contributed by atoms with E-state index in [1.54, 1.807) is 0 Å². The van der Waals surface area contributed by atoms with E-state index in [0.29, 0.717) is 6.42 Å². The lowest BCUT2D eigenvalue weighted by atomic mass is 10.1. The number of nitrogens with zero attached hydrogens (tertiary/aromatic N) is 1. The van der Waals surface area contributed by atoms with Crippen molar-refractivity contribution in [3.8, 4) is 11.8 Å². The van der Waals surface area contributed by atoms with Crippen molar-refractivity contribution in [3.63, 3.8) is 0 Å². The van der Waals surface area contributed by atoms with E-state index in [2.05, 4.69) is 37.4 Å². The predicted molar refractivity (Wildman–Crippen MR) is 78.0 cm³/mol. The van der Waals surface area contributed by atoms with Crippen LogP contribution in [0.4, 0.5) is 0 Å². The first kappa shape index (κ1) is 15.5. The minimum Gasteiger partial charge on any atom is -0.494 e. The fourth-order valence-corrected chi connectivity index (χ4v) is 1.77. The first-order chi connectivity index (χ1) is 9.30. The Balaban J connectivity index is 2.37. The molecule has 0 radical (unpaired) electrons. The fourth-order valence-electron chi connectivity index (χ4n) is 1.77. The van der Waals surface area contributed by atoms with Gasteiger partial charge in [0.2, 0.25) is 0 Å². The molecule has 104 valence electrons. The zero-order valence-electron chi connectivity index (χ0n) is 12.0. The molecule has 1 atom stereocenters. The van der Waals surface area contributed by atoms with Crippen molar-refractivity contribution in [2.45, 2.75) is 52.1 Å². The van der Waals surface area contributed by atoms with Crippen molar-refractivity contribution in [1.82, 2.24) is 5.32 Å². The van der Waals surface area contributed by atoms with Crippen LogP contribution in [0, 0.1) is 11.3 Å². The number of nitrogens with one attached hydrogen (secondary N) is 1. The summed E-state index contributed by atoms with van der Waals surface area (Å²) in [5, 5.41) is 12.1. The van der Waals surface area contributed by atoms with Gasteiger partial charge in [-0.05, 0) is 30.5 Å². The molecule has 0 fully saturated rings. The van der Waals surface area contributed by atoms with Gasteiger partial charge in [-0.2, -0.15) is 5.26 Å². The summed E-state index contributed by atoms with van der Waals surface area (Å²) in [6.07, 6.45) is 3.79. The average Bonchev–Trinajstić information content (AvgIpc) is 2.45. The van der Waals surface area contributed by atoms with E-state index in [0.717, 1.165) is 38.2 Å². The Labute approximate surface area is 116 Å². The molecule has 19 heavy (non-hydrogen) atoms. The molecule has 0 saturated carbocycles. The number of hydrogen-bond donors (Lipinski definition) is 1. The maximum Gasteiger partial charge on any atom is 0.119 e. The van der Waals surface area contributed by atoms with E-state index in [9.17, 15) is 0 Å². The average molecular weight is 260 g/mol. The molecule has 0 aliphatic rings. The third-order valence-corrected chi connectivity index (χ3v) is 3.12. The van der Waals surface area contributed by atoms with E-state index in [1.807, 2.05) is 12.1 Å². The molecule has 0 bridgehead atoms. The molecule has 1 unspecified atom stereocenters. The van der Waals surface area contributed by atoms with Gasteiger partial charge in [0, 0.05) is 12.6 Å². The second kappa shape index (κ2) is 9.41. The largest absolute Gasteiger partial charge is 0.494 e. The van der Waals surface area contributed by atoms with Crippen molar-refractivity contribution < 1.29 is 4.74 Å². The summed E-state index contributed by atoms with van der Waals surface area (Å²) in [5.41, 5.74) is 1.22. The molecule has 0 saturated heterocycles. The number of nitriles is 1. The highest BCUT2D eigenvalue weighted by molar-refractivity contribution is 5.27. The fraction of sp³-hybridized carbons (Fsp3) is 0.562. The van der Waals surface area contributed by atoms with Crippen LogP contribution in [0.25, 0.3) is 0 Å². The molecule has 0 aliphatic carbocycles.